The number of hydrogen-bond acceptors (Lipinski definition) is 3. The number of rotatable bonds is 3. The molecule has 3 nitrogen and oxygen atoms in total. The summed E-state index contributed by atoms with van der Waals surface area (Å²) in [5.41, 5.74) is 4.83. The topological polar surface area (TPSA) is 48.1 Å². The summed E-state index contributed by atoms with van der Waals surface area (Å²) in [6.45, 7) is 2.02. The van der Waals surface area contributed by atoms with E-state index in [0.29, 0.717) is 5.56 Å². The van der Waals surface area contributed by atoms with Gasteiger partial charge >= 0.3 is 6.18 Å². The molecule has 0 aliphatic heterocycles. The predicted octanol–water partition coefficient (Wildman–Crippen LogP) is 1.96. The molecule has 1 aromatic rings. The highest BCUT2D eigenvalue weighted by Crippen LogP contribution is 2.29. The van der Waals surface area contributed by atoms with Crippen LogP contribution in [0.25, 0.3) is 0 Å². The van der Waals surface area contributed by atoms with Crippen molar-refractivity contribution in [2.24, 2.45) is 5.73 Å². The zero-order valence-electron chi connectivity index (χ0n) is 8.14. The molecule has 0 atom stereocenters. The van der Waals surface area contributed by atoms with Gasteiger partial charge in [0, 0.05) is 12.1 Å². The normalized spacial score (nSPS) is 11.5. The maximum atomic E-state index is 12.3. The van der Waals surface area contributed by atoms with Gasteiger partial charge in [-0.05, 0) is 13.0 Å². The summed E-state index contributed by atoms with van der Waals surface area (Å²) in [6, 6.07) is 2.17. The largest absolute Gasteiger partial charge is 0.478 e. The van der Waals surface area contributed by atoms with Crippen LogP contribution in [0.3, 0.4) is 0 Å². The molecule has 0 fully saturated rings. The third kappa shape index (κ3) is 2.82. The molecule has 6 heteroatoms. The molecule has 0 aliphatic rings. The van der Waals surface area contributed by atoms with E-state index in [9.17, 15) is 13.2 Å². The van der Waals surface area contributed by atoms with Crippen LogP contribution in [-0.2, 0) is 12.7 Å². The van der Waals surface area contributed by atoms with E-state index in [0.717, 1.165) is 6.07 Å². The molecule has 0 saturated carbocycles. The summed E-state index contributed by atoms with van der Waals surface area (Å²) in [5, 5.41) is 0. The van der Waals surface area contributed by atoms with Crippen molar-refractivity contribution in [3.05, 3.63) is 23.4 Å². The number of ether oxygens (including phenoxy) is 1. The maximum absolute atomic E-state index is 12.3. The average Bonchev–Trinajstić information content (AvgIpc) is 2.17. The molecule has 0 aromatic carbocycles. The van der Waals surface area contributed by atoms with Crippen LogP contribution in [0.15, 0.2) is 12.1 Å². The van der Waals surface area contributed by atoms with Crippen LogP contribution in [0.4, 0.5) is 13.2 Å². The smallest absolute Gasteiger partial charge is 0.433 e. The van der Waals surface area contributed by atoms with Crippen LogP contribution < -0.4 is 10.5 Å². The third-order valence-corrected chi connectivity index (χ3v) is 1.73. The fourth-order valence-corrected chi connectivity index (χ4v) is 1.04. The van der Waals surface area contributed by atoms with Crippen LogP contribution in [0, 0.1) is 0 Å². The highest BCUT2D eigenvalue weighted by molar-refractivity contribution is 5.29. The van der Waals surface area contributed by atoms with Crippen LogP contribution in [0.5, 0.6) is 5.88 Å². The summed E-state index contributed by atoms with van der Waals surface area (Å²) in [4.78, 5) is 3.38. The molecule has 84 valence electrons. The molecule has 0 spiro atoms. The molecule has 2 N–H and O–H groups in total. The summed E-state index contributed by atoms with van der Waals surface area (Å²) < 4.78 is 41.9. The molecule has 1 heterocycles. The van der Waals surface area contributed by atoms with E-state index < -0.39 is 11.9 Å². The van der Waals surface area contributed by atoms with Gasteiger partial charge in [0.15, 0.2) is 0 Å². The van der Waals surface area contributed by atoms with Gasteiger partial charge in [0.1, 0.15) is 5.69 Å². The Morgan fingerprint density at radius 1 is 1.40 bits per heavy atom. The van der Waals surface area contributed by atoms with E-state index in [1.165, 1.54) is 6.07 Å². The standard InChI is InChI=1S/C9H11F3N2O/c1-2-15-8-6(5-13)3-4-7(14-8)9(10,11)12/h3-4H,2,5,13H2,1H3. The van der Waals surface area contributed by atoms with Crippen LogP contribution >= 0.6 is 0 Å². The third-order valence-electron chi connectivity index (χ3n) is 1.73. The van der Waals surface area contributed by atoms with Gasteiger partial charge in [0.05, 0.1) is 6.61 Å². The zero-order valence-corrected chi connectivity index (χ0v) is 8.14. The number of halogens is 3. The first-order valence-electron chi connectivity index (χ1n) is 4.39. The highest BCUT2D eigenvalue weighted by atomic mass is 19.4. The minimum atomic E-state index is -4.46. The van der Waals surface area contributed by atoms with Crippen molar-refractivity contribution in [2.45, 2.75) is 19.6 Å². The van der Waals surface area contributed by atoms with E-state index in [-0.39, 0.29) is 19.0 Å². The Morgan fingerprint density at radius 2 is 2.07 bits per heavy atom. The highest BCUT2D eigenvalue weighted by Gasteiger charge is 2.33. The first kappa shape index (κ1) is 11.8. The lowest BCUT2D eigenvalue weighted by atomic mass is 10.2. The van der Waals surface area contributed by atoms with E-state index in [1.807, 2.05) is 0 Å². The summed E-state index contributed by atoms with van der Waals surface area (Å²) in [7, 11) is 0. The van der Waals surface area contributed by atoms with Crippen LogP contribution in [0.1, 0.15) is 18.2 Å². The lowest BCUT2D eigenvalue weighted by Gasteiger charge is -2.11. The number of nitrogens with two attached hydrogens (primary N) is 1. The number of nitrogens with zero attached hydrogens (tertiary/aromatic N) is 1. The number of pyridine rings is 1. The molecule has 1 aromatic heterocycles. The number of hydrogen-bond donors (Lipinski definition) is 1. The molecule has 0 unspecified atom stereocenters. The lowest BCUT2D eigenvalue weighted by molar-refractivity contribution is -0.141. The van der Waals surface area contributed by atoms with Crippen molar-refractivity contribution in [3.8, 4) is 5.88 Å². The van der Waals surface area contributed by atoms with Gasteiger partial charge in [-0.2, -0.15) is 13.2 Å². The fraction of sp³-hybridized carbons (Fsp3) is 0.444. The van der Waals surface area contributed by atoms with Gasteiger partial charge in [-0.3, -0.25) is 0 Å². The molecule has 0 saturated heterocycles. The van der Waals surface area contributed by atoms with Crippen molar-refractivity contribution < 1.29 is 17.9 Å². The van der Waals surface area contributed by atoms with E-state index in [1.54, 1.807) is 6.92 Å². The minimum Gasteiger partial charge on any atom is -0.478 e. The van der Waals surface area contributed by atoms with E-state index in [2.05, 4.69) is 4.98 Å². The van der Waals surface area contributed by atoms with Gasteiger partial charge in [0.25, 0.3) is 0 Å². The molecule has 0 aliphatic carbocycles. The molecule has 0 amide bonds. The second-order valence-electron chi connectivity index (χ2n) is 2.80. The summed E-state index contributed by atoms with van der Waals surface area (Å²) in [5.74, 6) is -0.0465. The van der Waals surface area contributed by atoms with Gasteiger partial charge in [-0.25, -0.2) is 4.98 Å². The molecular weight excluding hydrogens is 209 g/mol. The Morgan fingerprint density at radius 3 is 2.53 bits per heavy atom. The molecule has 0 radical (unpaired) electrons. The molecule has 1 rings (SSSR count). The van der Waals surface area contributed by atoms with Gasteiger partial charge in [-0.15, -0.1) is 0 Å². The maximum Gasteiger partial charge on any atom is 0.433 e. The SMILES string of the molecule is CCOc1nc(C(F)(F)F)ccc1CN. The summed E-state index contributed by atoms with van der Waals surface area (Å²) >= 11 is 0. The van der Waals surface area contributed by atoms with Crippen molar-refractivity contribution in [1.82, 2.24) is 4.98 Å². The van der Waals surface area contributed by atoms with Crippen molar-refractivity contribution in [2.75, 3.05) is 6.61 Å². The number of alkyl halides is 3. The predicted molar refractivity (Wildman–Crippen MR) is 48.3 cm³/mol. The van der Waals surface area contributed by atoms with Crippen molar-refractivity contribution in [3.63, 3.8) is 0 Å². The van der Waals surface area contributed by atoms with Gasteiger partial charge < -0.3 is 10.5 Å². The number of aromatic nitrogens is 1. The Bertz CT molecular complexity index is 339. The first-order valence-corrected chi connectivity index (χ1v) is 4.39. The van der Waals surface area contributed by atoms with Gasteiger partial charge in [-0.1, -0.05) is 6.07 Å². The Labute approximate surface area is 85.1 Å². The average molecular weight is 220 g/mol. The Kier molecular flexibility index (Phi) is 3.52. The molecular formula is C9H11F3N2O. The second-order valence-corrected chi connectivity index (χ2v) is 2.80. The summed E-state index contributed by atoms with van der Waals surface area (Å²) in [6.07, 6.45) is -4.46. The second kappa shape index (κ2) is 4.48. The Hall–Kier alpha value is -1.30. The zero-order chi connectivity index (χ0) is 11.5. The van der Waals surface area contributed by atoms with Gasteiger partial charge in [0.2, 0.25) is 5.88 Å². The van der Waals surface area contributed by atoms with Crippen LogP contribution in [-0.4, -0.2) is 11.6 Å². The van der Waals surface area contributed by atoms with Crippen molar-refractivity contribution >= 4 is 0 Å². The quantitative estimate of drug-likeness (QED) is 0.847. The van der Waals surface area contributed by atoms with Crippen LogP contribution in [0.2, 0.25) is 0 Å². The first-order chi connectivity index (χ1) is 6.99. The monoisotopic (exact) mass is 220 g/mol. The van der Waals surface area contributed by atoms with E-state index >= 15 is 0 Å². The molecule has 15 heavy (non-hydrogen) atoms. The fourth-order valence-electron chi connectivity index (χ4n) is 1.04. The molecule has 0 bridgehead atoms. The van der Waals surface area contributed by atoms with Crippen molar-refractivity contribution in [1.29, 1.82) is 0 Å². The minimum absolute atomic E-state index is 0.0465. The van der Waals surface area contributed by atoms with E-state index in [4.69, 9.17) is 10.5 Å². The lowest BCUT2D eigenvalue weighted by Crippen LogP contribution is -2.11. The Balaban J connectivity index is 3.10.